The summed E-state index contributed by atoms with van der Waals surface area (Å²) in [6.45, 7) is 8.26. The van der Waals surface area contributed by atoms with Crippen LogP contribution in [0.2, 0.25) is 0 Å². The van der Waals surface area contributed by atoms with Crippen molar-refractivity contribution in [2.75, 3.05) is 13.1 Å². The number of carbonyl (C=O) groups is 7. The molecule has 0 bridgehead atoms. The van der Waals surface area contributed by atoms with Crippen LogP contribution in [-0.2, 0) is 46.4 Å². The lowest BCUT2D eigenvalue weighted by atomic mass is 9.94. The Kier molecular flexibility index (Phi) is 18.5. The van der Waals surface area contributed by atoms with E-state index in [1.54, 1.807) is 38.1 Å². The van der Waals surface area contributed by atoms with Crippen LogP contribution in [0, 0.1) is 11.8 Å². The third-order valence-electron chi connectivity index (χ3n) is 10.1. The maximum absolute atomic E-state index is 14.0. The monoisotopic (exact) mass is 777 g/mol. The van der Waals surface area contributed by atoms with Gasteiger partial charge < -0.3 is 42.3 Å². The Morgan fingerprint density at radius 1 is 0.554 bits per heavy atom. The summed E-state index contributed by atoms with van der Waals surface area (Å²) in [6.07, 6.45) is 0.604. The summed E-state index contributed by atoms with van der Waals surface area (Å²) in [6, 6.07) is 12.3. The summed E-state index contributed by atoms with van der Waals surface area (Å²) in [4.78, 5) is 94.7. The van der Waals surface area contributed by atoms with Crippen molar-refractivity contribution in [3.8, 4) is 0 Å². The number of benzene rings is 2. The molecule has 1 saturated heterocycles. The summed E-state index contributed by atoms with van der Waals surface area (Å²) in [5.74, 6) is -5.12. The highest BCUT2D eigenvalue weighted by molar-refractivity contribution is 5.97. The lowest BCUT2D eigenvalue weighted by Gasteiger charge is -2.31. The van der Waals surface area contributed by atoms with Gasteiger partial charge in [-0.2, -0.15) is 0 Å². The molecule has 306 valence electrons. The van der Waals surface area contributed by atoms with Crippen LogP contribution in [0.4, 0.5) is 0 Å². The Balaban J connectivity index is 1.96. The minimum absolute atomic E-state index is 0.0114. The van der Waals surface area contributed by atoms with Crippen molar-refractivity contribution in [2.45, 2.75) is 116 Å². The van der Waals surface area contributed by atoms with Gasteiger partial charge in [0.2, 0.25) is 41.4 Å². The highest BCUT2D eigenvalue weighted by Crippen LogP contribution is 2.14. The molecule has 0 aliphatic carbocycles. The molecule has 2 aromatic rings. The van der Waals surface area contributed by atoms with Crippen LogP contribution in [0.5, 0.6) is 0 Å². The topological polar surface area (TPSA) is 224 Å². The smallest absolute Gasteiger partial charge is 0.245 e. The Bertz CT molecular complexity index is 1620. The molecule has 2 aromatic carbocycles. The molecular formula is C41H59N7O8. The minimum Gasteiger partial charge on any atom is -0.391 e. The van der Waals surface area contributed by atoms with Crippen molar-refractivity contribution in [2.24, 2.45) is 11.8 Å². The molecule has 0 saturated carbocycles. The van der Waals surface area contributed by atoms with Gasteiger partial charge in [0.05, 0.1) is 12.6 Å². The lowest BCUT2D eigenvalue weighted by Crippen LogP contribution is -2.62. The molecule has 8 atom stereocenters. The molecule has 1 aliphatic heterocycles. The molecule has 3 rings (SSSR count). The molecule has 0 unspecified atom stereocenters. The van der Waals surface area contributed by atoms with Gasteiger partial charge in [0.1, 0.15) is 30.2 Å². The fraction of sp³-hybridized carbons (Fsp3) is 0.537. The van der Waals surface area contributed by atoms with Gasteiger partial charge in [0.25, 0.3) is 0 Å². The molecule has 0 aromatic heterocycles. The number of carbonyl (C=O) groups excluding carboxylic acids is 7. The lowest BCUT2D eigenvalue weighted by molar-refractivity contribution is -0.137. The summed E-state index contributed by atoms with van der Waals surface area (Å²) >= 11 is 0. The van der Waals surface area contributed by atoms with E-state index >= 15 is 0 Å². The SMILES string of the molecule is CC[C@H](C)[C@@H]1NC(=O)[C@H]([C@@H](C)O)NC(=O)CCCCNC(=O)[C@H](Cc2ccccc2)NC(=O)CNC(=O)[C@H](Cc2ccccc2)NC(=O)[C@H]([C@@H](C)CC)NC1=O. The third-order valence-corrected chi connectivity index (χ3v) is 10.1. The first kappa shape index (κ1) is 45.1. The van der Waals surface area contributed by atoms with Gasteiger partial charge in [-0.25, -0.2) is 0 Å². The van der Waals surface area contributed by atoms with Crippen LogP contribution >= 0.6 is 0 Å². The van der Waals surface area contributed by atoms with Gasteiger partial charge in [0.15, 0.2) is 0 Å². The van der Waals surface area contributed by atoms with Gasteiger partial charge in [-0.3, -0.25) is 33.6 Å². The maximum Gasteiger partial charge on any atom is 0.245 e. The standard InChI is InChI=1S/C41H59N7O8/c1-6-25(3)34-39(54)45-31(23-29-18-12-9-13-19-29)38(53)43-24-33(51)44-30(22-28-16-10-8-11-17-28)37(52)42-21-15-14-20-32(50)46-36(27(5)49)41(56)48-35(26(4)7-2)40(55)47-34/h8-13,16-19,25-27,30-31,34-36,49H,6-7,14-15,20-24H2,1-5H3,(H,42,52)(H,43,53)(H,44,51)(H,45,54)(H,46,50)(H,47,55)(H,48,56)/t25-,26-,27+,30-,31-,34-,35-,36-/m0/s1. The number of hydrogen-bond acceptors (Lipinski definition) is 8. The number of aliphatic hydroxyl groups is 1. The van der Waals surface area contributed by atoms with Crippen LogP contribution in [0.15, 0.2) is 60.7 Å². The van der Waals surface area contributed by atoms with Crippen LogP contribution in [0.1, 0.15) is 77.8 Å². The molecule has 0 radical (unpaired) electrons. The largest absolute Gasteiger partial charge is 0.391 e. The second-order valence-corrected chi connectivity index (χ2v) is 14.6. The van der Waals surface area contributed by atoms with E-state index in [0.717, 1.165) is 11.1 Å². The zero-order valence-corrected chi connectivity index (χ0v) is 33.1. The van der Waals surface area contributed by atoms with Crippen molar-refractivity contribution < 1.29 is 38.7 Å². The summed E-state index contributed by atoms with van der Waals surface area (Å²) in [7, 11) is 0. The Labute approximate surface area is 329 Å². The van der Waals surface area contributed by atoms with Crippen LogP contribution in [-0.4, -0.2) is 95.9 Å². The summed E-state index contributed by atoms with van der Waals surface area (Å²) in [5, 5.41) is 29.4. The molecule has 15 nitrogen and oxygen atoms in total. The van der Waals surface area contributed by atoms with Crippen molar-refractivity contribution in [3.63, 3.8) is 0 Å². The zero-order chi connectivity index (χ0) is 41.2. The highest BCUT2D eigenvalue weighted by Gasteiger charge is 2.36. The fourth-order valence-electron chi connectivity index (χ4n) is 6.20. The summed E-state index contributed by atoms with van der Waals surface area (Å²) < 4.78 is 0. The van der Waals surface area contributed by atoms with Crippen LogP contribution in [0.3, 0.4) is 0 Å². The predicted octanol–water partition coefficient (Wildman–Crippen LogP) is 0.785. The van der Waals surface area contributed by atoms with E-state index in [4.69, 9.17) is 0 Å². The number of aliphatic hydroxyl groups excluding tert-OH is 1. The summed E-state index contributed by atoms with van der Waals surface area (Å²) in [5.41, 5.74) is 1.52. The first-order valence-electron chi connectivity index (χ1n) is 19.5. The molecule has 1 heterocycles. The molecule has 1 fully saturated rings. The van der Waals surface area contributed by atoms with Gasteiger partial charge in [0, 0.05) is 25.8 Å². The van der Waals surface area contributed by atoms with Gasteiger partial charge in [-0.05, 0) is 42.7 Å². The molecule has 56 heavy (non-hydrogen) atoms. The van der Waals surface area contributed by atoms with E-state index in [1.165, 1.54) is 6.92 Å². The first-order valence-corrected chi connectivity index (χ1v) is 19.5. The molecular weight excluding hydrogens is 718 g/mol. The Hall–Kier alpha value is -5.31. The van der Waals surface area contributed by atoms with E-state index in [9.17, 15) is 38.7 Å². The maximum atomic E-state index is 14.0. The van der Waals surface area contributed by atoms with E-state index in [2.05, 4.69) is 37.2 Å². The van der Waals surface area contributed by atoms with E-state index in [1.807, 2.05) is 50.2 Å². The fourth-order valence-corrected chi connectivity index (χ4v) is 6.20. The second-order valence-electron chi connectivity index (χ2n) is 14.6. The Morgan fingerprint density at radius 2 is 1.02 bits per heavy atom. The minimum atomic E-state index is -1.37. The van der Waals surface area contributed by atoms with E-state index in [-0.39, 0.29) is 25.8 Å². The van der Waals surface area contributed by atoms with Crippen molar-refractivity contribution in [1.82, 2.24) is 37.2 Å². The van der Waals surface area contributed by atoms with Crippen molar-refractivity contribution >= 4 is 41.4 Å². The highest BCUT2D eigenvalue weighted by atomic mass is 16.3. The van der Waals surface area contributed by atoms with Gasteiger partial charge >= 0.3 is 0 Å². The van der Waals surface area contributed by atoms with Gasteiger partial charge in [-0.1, -0.05) is 101 Å². The number of hydrogen-bond donors (Lipinski definition) is 8. The molecule has 1 aliphatic rings. The predicted molar refractivity (Wildman–Crippen MR) is 210 cm³/mol. The second kappa shape index (κ2) is 22.9. The number of rotatable bonds is 9. The van der Waals surface area contributed by atoms with Crippen LogP contribution < -0.4 is 37.2 Å². The molecule has 7 amide bonds. The van der Waals surface area contributed by atoms with Crippen LogP contribution in [0.25, 0.3) is 0 Å². The van der Waals surface area contributed by atoms with Crippen molar-refractivity contribution in [3.05, 3.63) is 71.8 Å². The van der Waals surface area contributed by atoms with E-state index < -0.39 is 96.0 Å². The quantitative estimate of drug-likeness (QED) is 0.181. The Morgan fingerprint density at radius 3 is 1.52 bits per heavy atom. The average molecular weight is 778 g/mol. The van der Waals surface area contributed by atoms with Crippen molar-refractivity contribution in [1.29, 1.82) is 0 Å². The average Bonchev–Trinajstić information content (AvgIpc) is 3.18. The van der Waals surface area contributed by atoms with E-state index in [0.29, 0.717) is 25.7 Å². The third kappa shape index (κ3) is 14.4. The van der Waals surface area contributed by atoms with Gasteiger partial charge in [-0.15, -0.1) is 0 Å². The zero-order valence-electron chi connectivity index (χ0n) is 33.1. The first-order chi connectivity index (χ1) is 26.7. The normalized spacial score (nSPS) is 24.7. The molecule has 15 heteroatoms. The molecule has 8 N–H and O–H groups in total. The molecule has 0 spiro atoms. The number of amides is 7. The number of nitrogens with one attached hydrogen (secondary N) is 7.